The molecule has 2 aromatic heterocycles. The van der Waals surface area contributed by atoms with Crippen molar-refractivity contribution >= 4 is 56.8 Å². The van der Waals surface area contributed by atoms with Gasteiger partial charge in [-0.2, -0.15) is 0 Å². The zero-order valence-electron chi connectivity index (χ0n) is 20.6. The van der Waals surface area contributed by atoms with Crippen LogP contribution in [0.25, 0.3) is 22.3 Å². The maximum atomic E-state index is 13.3. The molecule has 0 unspecified atom stereocenters. The molecule has 0 radical (unpaired) electrons. The van der Waals surface area contributed by atoms with Crippen LogP contribution in [-0.4, -0.2) is 16.6 Å². The second kappa shape index (κ2) is 10.2. The summed E-state index contributed by atoms with van der Waals surface area (Å²) < 4.78 is 12.4. The van der Waals surface area contributed by atoms with E-state index in [2.05, 4.69) is 10.3 Å². The molecule has 186 valence electrons. The molecule has 0 saturated heterocycles. The molecule has 0 spiro atoms. The largest absolute Gasteiger partial charge is 0.455 e. The number of nitrogens with one attached hydrogen (secondary N) is 1. The fourth-order valence-electron chi connectivity index (χ4n) is 3.89. The van der Waals surface area contributed by atoms with Crippen LogP contribution in [0.2, 0.25) is 5.15 Å². The predicted octanol–water partition coefficient (Wildman–Crippen LogP) is 7.55. The molecule has 0 aliphatic rings. The second-order valence-electron chi connectivity index (χ2n) is 9.57. The average molecular weight is 617 g/mol. The number of anilines is 1. The minimum absolute atomic E-state index is 0.0854. The molecule has 2 aromatic carbocycles. The summed E-state index contributed by atoms with van der Waals surface area (Å²) in [5, 5.41) is 4.03. The van der Waals surface area contributed by atoms with E-state index in [0.717, 1.165) is 16.7 Å². The number of ether oxygens (including phenoxy) is 1. The highest BCUT2D eigenvalue weighted by atomic mass is 127. The Morgan fingerprint density at radius 1 is 1.14 bits per heavy atom. The van der Waals surface area contributed by atoms with Crippen molar-refractivity contribution in [2.75, 3.05) is 5.32 Å². The Balaban J connectivity index is 1.82. The summed E-state index contributed by atoms with van der Waals surface area (Å²) in [4.78, 5) is 30.4. The lowest BCUT2D eigenvalue weighted by atomic mass is 10.0. The molecule has 0 bridgehead atoms. The first-order valence-corrected chi connectivity index (χ1v) is 12.9. The number of halogens is 2. The summed E-state index contributed by atoms with van der Waals surface area (Å²) in [7, 11) is 0. The first kappa shape index (κ1) is 26.2. The first-order chi connectivity index (χ1) is 16.9. The lowest BCUT2D eigenvalue weighted by molar-refractivity contribution is 0.00640. The van der Waals surface area contributed by atoms with Crippen molar-refractivity contribution in [1.82, 2.24) is 4.98 Å². The number of aromatic nitrogens is 1. The van der Waals surface area contributed by atoms with E-state index in [4.69, 9.17) is 20.8 Å². The molecule has 1 atom stereocenters. The summed E-state index contributed by atoms with van der Waals surface area (Å²) in [5.41, 5.74) is 2.78. The Hall–Kier alpha value is -2.91. The van der Waals surface area contributed by atoms with Crippen LogP contribution in [0.15, 0.2) is 63.8 Å². The Labute approximate surface area is 228 Å². The number of pyridine rings is 1. The van der Waals surface area contributed by atoms with Crippen molar-refractivity contribution in [2.24, 2.45) is 0 Å². The van der Waals surface area contributed by atoms with Crippen LogP contribution < -0.4 is 10.7 Å². The maximum absolute atomic E-state index is 13.3. The van der Waals surface area contributed by atoms with Gasteiger partial charge in [-0.25, -0.2) is 9.78 Å². The Bertz CT molecular complexity index is 1510. The van der Waals surface area contributed by atoms with Crippen molar-refractivity contribution in [1.29, 1.82) is 0 Å². The quantitative estimate of drug-likeness (QED) is 0.142. The zero-order chi connectivity index (χ0) is 26.2. The van der Waals surface area contributed by atoms with Gasteiger partial charge in [-0.05, 0) is 81.0 Å². The van der Waals surface area contributed by atoms with Crippen LogP contribution in [0, 0.1) is 10.5 Å². The molecule has 0 saturated carbocycles. The number of carbonyl (C=O) groups excluding carboxylic acids is 1. The fourth-order valence-corrected chi connectivity index (χ4v) is 4.75. The third-order valence-electron chi connectivity index (χ3n) is 5.44. The topological polar surface area (TPSA) is 81.4 Å². The predicted molar refractivity (Wildman–Crippen MR) is 152 cm³/mol. The van der Waals surface area contributed by atoms with Gasteiger partial charge >= 0.3 is 5.97 Å². The second-order valence-corrected chi connectivity index (χ2v) is 11.0. The van der Waals surface area contributed by atoms with Crippen LogP contribution in [0.1, 0.15) is 55.4 Å². The number of esters is 1. The van der Waals surface area contributed by atoms with Crippen molar-refractivity contribution in [3.63, 3.8) is 0 Å². The number of nitrogens with zero attached hydrogens (tertiary/aromatic N) is 1. The molecule has 0 fully saturated rings. The van der Waals surface area contributed by atoms with E-state index in [9.17, 15) is 9.59 Å². The summed E-state index contributed by atoms with van der Waals surface area (Å²) in [6.07, 6.45) is 0. The van der Waals surface area contributed by atoms with E-state index < -0.39 is 11.6 Å². The van der Waals surface area contributed by atoms with Crippen molar-refractivity contribution in [3.8, 4) is 11.3 Å². The van der Waals surface area contributed by atoms with Gasteiger partial charge in [0.1, 0.15) is 19.9 Å². The van der Waals surface area contributed by atoms with E-state index >= 15 is 0 Å². The maximum Gasteiger partial charge on any atom is 0.359 e. The molecular formula is C28H26ClIN2O4. The zero-order valence-corrected chi connectivity index (χ0v) is 23.5. The van der Waals surface area contributed by atoms with Gasteiger partial charge in [-0.3, -0.25) is 4.79 Å². The summed E-state index contributed by atoms with van der Waals surface area (Å²) in [6.45, 7) is 9.23. The van der Waals surface area contributed by atoms with Gasteiger partial charge in [0.15, 0.2) is 11.5 Å². The van der Waals surface area contributed by atoms with Crippen molar-refractivity contribution in [2.45, 2.75) is 46.3 Å². The lowest BCUT2D eigenvalue weighted by Gasteiger charge is -2.22. The SMILES string of the molecule is Cc1cc([C@@H](C)Nc2ccc(Cl)nc2C(=O)OC(C)(C)C)c2oc(-c3ccccc3)c(I)c(=O)c2c1. The fraction of sp³-hybridized carbons (Fsp3) is 0.250. The minimum Gasteiger partial charge on any atom is -0.455 e. The van der Waals surface area contributed by atoms with Gasteiger partial charge in [-0.15, -0.1) is 0 Å². The standard InChI is InChI=1S/C28H26ClIN2O4/c1-15-13-18(16(2)31-20-11-12-21(29)32-23(20)27(34)36-28(3,4)5)26-19(14-15)24(33)22(30)25(35-26)17-9-7-6-8-10-17/h6-14,16,31H,1-5H3/t16-/m1/s1. The molecule has 0 amide bonds. The van der Waals surface area contributed by atoms with Gasteiger partial charge in [0, 0.05) is 11.1 Å². The number of rotatable bonds is 5. The van der Waals surface area contributed by atoms with Gasteiger partial charge < -0.3 is 14.5 Å². The number of hydrogen-bond acceptors (Lipinski definition) is 6. The smallest absolute Gasteiger partial charge is 0.359 e. The highest BCUT2D eigenvalue weighted by molar-refractivity contribution is 14.1. The average Bonchev–Trinajstić information content (AvgIpc) is 2.81. The summed E-state index contributed by atoms with van der Waals surface area (Å²) >= 11 is 8.14. The Morgan fingerprint density at radius 2 is 1.83 bits per heavy atom. The third-order valence-corrected chi connectivity index (χ3v) is 6.63. The third kappa shape index (κ3) is 5.57. The van der Waals surface area contributed by atoms with E-state index in [1.165, 1.54) is 0 Å². The highest BCUT2D eigenvalue weighted by Gasteiger charge is 2.24. The van der Waals surface area contributed by atoms with Crippen LogP contribution in [0.3, 0.4) is 0 Å². The Morgan fingerprint density at radius 3 is 2.50 bits per heavy atom. The monoisotopic (exact) mass is 616 g/mol. The van der Waals surface area contributed by atoms with Crippen LogP contribution >= 0.6 is 34.2 Å². The number of benzene rings is 2. The Kier molecular flexibility index (Phi) is 7.43. The minimum atomic E-state index is -0.689. The van der Waals surface area contributed by atoms with Crippen molar-refractivity contribution < 1.29 is 13.9 Å². The summed E-state index contributed by atoms with van der Waals surface area (Å²) in [6, 6.07) is 16.3. The summed E-state index contributed by atoms with van der Waals surface area (Å²) in [5.74, 6) is -0.0603. The number of carbonyl (C=O) groups is 1. The van der Waals surface area contributed by atoms with E-state index in [0.29, 0.717) is 26.0 Å². The van der Waals surface area contributed by atoms with E-state index in [-0.39, 0.29) is 22.3 Å². The van der Waals surface area contributed by atoms with Gasteiger partial charge in [-0.1, -0.05) is 48.0 Å². The van der Waals surface area contributed by atoms with Crippen LogP contribution in [0.4, 0.5) is 5.69 Å². The first-order valence-electron chi connectivity index (χ1n) is 11.4. The molecular weight excluding hydrogens is 591 g/mol. The molecule has 2 heterocycles. The number of aryl methyl sites for hydroxylation is 1. The van der Waals surface area contributed by atoms with Gasteiger partial charge in [0.25, 0.3) is 0 Å². The molecule has 1 N–H and O–H groups in total. The number of fused-ring (bicyclic) bond motifs is 1. The van der Waals surface area contributed by atoms with Gasteiger partial charge in [0.05, 0.1) is 17.1 Å². The molecule has 4 rings (SSSR count). The van der Waals surface area contributed by atoms with E-state index in [1.54, 1.807) is 32.9 Å². The molecule has 36 heavy (non-hydrogen) atoms. The molecule has 4 aromatic rings. The molecule has 0 aliphatic heterocycles. The van der Waals surface area contributed by atoms with Gasteiger partial charge in [0.2, 0.25) is 5.43 Å². The van der Waals surface area contributed by atoms with Crippen LogP contribution in [0.5, 0.6) is 0 Å². The van der Waals surface area contributed by atoms with Crippen LogP contribution in [-0.2, 0) is 4.74 Å². The molecule has 8 heteroatoms. The van der Waals surface area contributed by atoms with E-state index in [1.807, 2.05) is 78.9 Å². The molecule has 6 nitrogen and oxygen atoms in total. The highest BCUT2D eigenvalue weighted by Crippen LogP contribution is 2.33. The number of hydrogen-bond donors (Lipinski definition) is 1. The van der Waals surface area contributed by atoms with Crippen molar-refractivity contribution in [3.05, 3.63) is 90.4 Å². The lowest BCUT2D eigenvalue weighted by Crippen LogP contribution is -2.25. The molecule has 0 aliphatic carbocycles. The normalized spacial score (nSPS) is 12.4.